The molecule has 1 N–H and O–H groups in total. The molecule has 1 heterocycles. The predicted octanol–water partition coefficient (Wildman–Crippen LogP) is 1.81. The Morgan fingerprint density at radius 1 is 1.11 bits per heavy atom. The highest BCUT2D eigenvalue weighted by Gasteiger charge is 2.10. The first-order valence-electron chi connectivity index (χ1n) is 8.10. The molecular formula is C18H18FN5O3. The molecule has 0 atom stereocenters. The van der Waals surface area contributed by atoms with E-state index in [0.29, 0.717) is 29.4 Å². The molecule has 0 saturated heterocycles. The normalized spacial score (nSPS) is 10.5. The summed E-state index contributed by atoms with van der Waals surface area (Å²) in [7, 11) is 3.11. The molecule has 3 rings (SSSR count). The maximum atomic E-state index is 13.0. The van der Waals surface area contributed by atoms with Gasteiger partial charge in [0.15, 0.2) is 11.5 Å². The van der Waals surface area contributed by atoms with Gasteiger partial charge in [-0.2, -0.15) is 4.80 Å². The van der Waals surface area contributed by atoms with E-state index in [1.165, 1.54) is 16.9 Å². The highest BCUT2D eigenvalue weighted by Crippen LogP contribution is 2.27. The highest BCUT2D eigenvalue weighted by atomic mass is 19.1. The van der Waals surface area contributed by atoms with Crippen molar-refractivity contribution in [3.63, 3.8) is 0 Å². The number of methoxy groups -OCH3 is 2. The van der Waals surface area contributed by atoms with Gasteiger partial charge in [0.05, 0.1) is 14.2 Å². The van der Waals surface area contributed by atoms with E-state index in [2.05, 4.69) is 20.7 Å². The van der Waals surface area contributed by atoms with Crippen LogP contribution in [0.15, 0.2) is 42.5 Å². The molecule has 0 aliphatic rings. The molecule has 3 aromatic rings. The van der Waals surface area contributed by atoms with Crippen molar-refractivity contribution >= 4 is 5.91 Å². The monoisotopic (exact) mass is 371 g/mol. The van der Waals surface area contributed by atoms with Crippen LogP contribution in [0.2, 0.25) is 0 Å². The number of halogens is 1. The van der Waals surface area contributed by atoms with Gasteiger partial charge in [0, 0.05) is 12.1 Å². The fourth-order valence-electron chi connectivity index (χ4n) is 2.40. The van der Waals surface area contributed by atoms with E-state index in [4.69, 9.17) is 9.47 Å². The van der Waals surface area contributed by atoms with E-state index in [-0.39, 0.29) is 18.3 Å². The van der Waals surface area contributed by atoms with Gasteiger partial charge in [0.25, 0.3) is 0 Å². The van der Waals surface area contributed by atoms with Gasteiger partial charge in [0.1, 0.15) is 12.4 Å². The van der Waals surface area contributed by atoms with Crippen molar-refractivity contribution in [2.75, 3.05) is 14.2 Å². The van der Waals surface area contributed by atoms with E-state index in [1.807, 2.05) is 6.07 Å². The lowest BCUT2D eigenvalue weighted by atomic mass is 10.2. The standard InChI is InChI=1S/C18H18FN5O3/c1-26-15-8-3-12(9-16(15)27-2)10-20-17(25)11-24-22-18(21-23-24)13-4-6-14(19)7-5-13/h3-9H,10-11H2,1-2H3,(H,20,25). The van der Waals surface area contributed by atoms with E-state index in [9.17, 15) is 9.18 Å². The molecule has 0 aliphatic carbocycles. The van der Waals surface area contributed by atoms with E-state index >= 15 is 0 Å². The van der Waals surface area contributed by atoms with Gasteiger partial charge >= 0.3 is 0 Å². The molecular weight excluding hydrogens is 353 g/mol. The minimum atomic E-state index is -0.347. The van der Waals surface area contributed by atoms with Crippen LogP contribution in [0.25, 0.3) is 11.4 Å². The average molecular weight is 371 g/mol. The molecule has 2 aromatic carbocycles. The Morgan fingerprint density at radius 3 is 2.56 bits per heavy atom. The topological polar surface area (TPSA) is 91.2 Å². The molecule has 1 aromatic heterocycles. The Balaban J connectivity index is 1.58. The summed E-state index contributed by atoms with van der Waals surface area (Å²) < 4.78 is 23.4. The average Bonchev–Trinajstić information content (AvgIpc) is 3.15. The van der Waals surface area contributed by atoms with E-state index < -0.39 is 0 Å². The zero-order valence-corrected chi connectivity index (χ0v) is 14.8. The van der Waals surface area contributed by atoms with Gasteiger partial charge in [0.2, 0.25) is 11.7 Å². The summed E-state index contributed by atoms with van der Waals surface area (Å²) in [6.07, 6.45) is 0. The molecule has 0 fully saturated rings. The van der Waals surface area contributed by atoms with Gasteiger partial charge in [-0.25, -0.2) is 4.39 Å². The Hall–Kier alpha value is -3.49. The van der Waals surface area contributed by atoms with Gasteiger partial charge in [-0.15, -0.1) is 10.2 Å². The van der Waals surface area contributed by atoms with Crippen molar-refractivity contribution in [1.29, 1.82) is 0 Å². The quantitative estimate of drug-likeness (QED) is 0.681. The SMILES string of the molecule is COc1ccc(CNC(=O)Cn2nnc(-c3ccc(F)cc3)n2)cc1OC. The van der Waals surface area contributed by atoms with Gasteiger partial charge in [-0.3, -0.25) is 4.79 Å². The first-order valence-corrected chi connectivity index (χ1v) is 8.10. The first-order chi connectivity index (χ1) is 13.1. The number of aromatic nitrogens is 4. The van der Waals surface area contributed by atoms with Crippen LogP contribution in [0.5, 0.6) is 11.5 Å². The van der Waals surface area contributed by atoms with Crippen molar-refractivity contribution in [1.82, 2.24) is 25.5 Å². The number of nitrogens with zero attached hydrogens (tertiary/aromatic N) is 4. The fraction of sp³-hybridized carbons (Fsp3) is 0.222. The third-order valence-electron chi connectivity index (χ3n) is 3.78. The van der Waals surface area contributed by atoms with Gasteiger partial charge in [-0.1, -0.05) is 6.07 Å². The molecule has 0 spiro atoms. The van der Waals surface area contributed by atoms with Crippen LogP contribution in [0.3, 0.4) is 0 Å². The summed E-state index contributed by atoms with van der Waals surface area (Å²) in [5.74, 6) is 0.912. The minimum absolute atomic E-state index is 0.0819. The molecule has 0 bridgehead atoms. The second-order valence-corrected chi connectivity index (χ2v) is 5.62. The zero-order chi connectivity index (χ0) is 19.2. The second-order valence-electron chi connectivity index (χ2n) is 5.62. The number of nitrogens with one attached hydrogen (secondary N) is 1. The number of hydrogen-bond donors (Lipinski definition) is 1. The summed E-state index contributed by atoms with van der Waals surface area (Å²) in [5, 5.41) is 14.6. The van der Waals surface area contributed by atoms with Crippen molar-refractivity contribution < 1.29 is 18.7 Å². The van der Waals surface area contributed by atoms with Crippen LogP contribution in [0.1, 0.15) is 5.56 Å². The number of rotatable bonds is 7. The second kappa shape index (κ2) is 8.26. The highest BCUT2D eigenvalue weighted by molar-refractivity contribution is 5.75. The maximum absolute atomic E-state index is 13.0. The largest absolute Gasteiger partial charge is 0.493 e. The first kappa shape index (κ1) is 18.3. The summed E-state index contributed by atoms with van der Waals surface area (Å²) in [4.78, 5) is 13.3. The maximum Gasteiger partial charge on any atom is 0.243 e. The molecule has 27 heavy (non-hydrogen) atoms. The lowest BCUT2D eigenvalue weighted by Gasteiger charge is -2.10. The van der Waals surface area contributed by atoms with Crippen molar-refractivity contribution in [3.05, 3.63) is 53.8 Å². The third kappa shape index (κ3) is 4.57. The predicted molar refractivity (Wildman–Crippen MR) is 94.6 cm³/mol. The Labute approximate surface area is 154 Å². The smallest absolute Gasteiger partial charge is 0.243 e. The molecule has 1 amide bonds. The number of hydrogen-bond acceptors (Lipinski definition) is 6. The molecule has 0 saturated carbocycles. The summed E-state index contributed by atoms with van der Waals surface area (Å²) >= 11 is 0. The van der Waals surface area contributed by atoms with Gasteiger partial charge in [-0.05, 0) is 47.2 Å². The van der Waals surface area contributed by atoms with Crippen LogP contribution >= 0.6 is 0 Å². The van der Waals surface area contributed by atoms with Crippen LogP contribution in [0, 0.1) is 5.82 Å². The summed E-state index contributed by atoms with van der Waals surface area (Å²) in [6.45, 7) is 0.236. The number of amides is 1. The Bertz CT molecular complexity index is 927. The zero-order valence-electron chi connectivity index (χ0n) is 14.8. The molecule has 0 unspecified atom stereocenters. The third-order valence-corrected chi connectivity index (χ3v) is 3.78. The number of tetrazole rings is 1. The number of benzene rings is 2. The molecule has 0 aliphatic heterocycles. The van der Waals surface area contributed by atoms with Crippen LogP contribution in [0.4, 0.5) is 4.39 Å². The van der Waals surface area contributed by atoms with Crippen LogP contribution in [-0.2, 0) is 17.9 Å². The van der Waals surface area contributed by atoms with E-state index in [1.54, 1.807) is 38.5 Å². The summed E-state index contributed by atoms with van der Waals surface area (Å²) in [5.41, 5.74) is 1.48. The van der Waals surface area contributed by atoms with E-state index in [0.717, 1.165) is 5.56 Å². The van der Waals surface area contributed by atoms with Crippen LogP contribution < -0.4 is 14.8 Å². The fourth-order valence-corrected chi connectivity index (χ4v) is 2.40. The molecule has 8 nitrogen and oxygen atoms in total. The van der Waals surface area contributed by atoms with Crippen LogP contribution in [-0.4, -0.2) is 40.3 Å². The minimum Gasteiger partial charge on any atom is -0.493 e. The lowest BCUT2D eigenvalue weighted by Crippen LogP contribution is -2.28. The molecule has 0 radical (unpaired) electrons. The molecule has 140 valence electrons. The Kier molecular flexibility index (Phi) is 5.60. The van der Waals surface area contributed by atoms with Crippen molar-refractivity contribution in [2.45, 2.75) is 13.1 Å². The van der Waals surface area contributed by atoms with Crippen molar-refractivity contribution in [2.24, 2.45) is 0 Å². The number of carbonyl (C=O) groups excluding carboxylic acids is 1. The molecule has 9 heteroatoms. The number of ether oxygens (including phenoxy) is 2. The van der Waals surface area contributed by atoms with Gasteiger partial charge < -0.3 is 14.8 Å². The lowest BCUT2D eigenvalue weighted by molar-refractivity contribution is -0.122. The van der Waals surface area contributed by atoms with Crippen molar-refractivity contribution in [3.8, 4) is 22.9 Å². The number of carbonyl (C=O) groups is 1. The summed E-state index contributed by atoms with van der Waals surface area (Å²) in [6, 6.07) is 11.1. The Morgan fingerprint density at radius 2 is 1.85 bits per heavy atom.